The van der Waals surface area contributed by atoms with Gasteiger partial charge < -0.3 is 4.90 Å². The normalized spacial score (nSPS) is 13.1. The summed E-state index contributed by atoms with van der Waals surface area (Å²) in [6, 6.07) is 22.7. The maximum absolute atomic E-state index is 12.7. The summed E-state index contributed by atoms with van der Waals surface area (Å²) in [5, 5.41) is 0. The van der Waals surface area contributed by atoms with Crippen LogP contribution >= 0.6 is 0 Å². The van der Waals surface area contributed by atoms with Crippen molar-refractivity contribution in [3.8, 4) is 0 Å². The minimum atomic E-state index is -4.57. The molecule has 0 amide bonds. The van der Waals surface area contributed by atoms with Gasteiger partial charge in [0.05, 0.1) is 5.75 Å². The highest BCUT2D eigenvalue weighted by Crippen LogP contribution is 2.37. The Morgan fingerprint density at radius 1 is 0.717 bits per heavy atom. The van der Waals surface area contributed by atoms with Crippen LogP contribution in [0.3, 0.4) is 0 Å². The highest BCUT2D eigenvalue weighted by atomic mass is 32.2. The van der Waals surface area contributed by atoms with Crippen molar-refractivity contribution in [1.29, 1.82) is 0 Å². The molecule has 10 heteroatoms. The van der Waals surface area contributed by atoms with E-state index in [0.717, 1.165) is 57.9 Å². The van der Waals surface area contributed by atoms with E-state index in [0.29, 0.717) is 17.7 Å². The van der Waals surface area contributed by atoms with E-state index < -0.39 is 20.2 Å². The molecule has 0 heterocycles. The third-order valence-corrected chi connectivity index (χ3v) is 11.1. The average molecular weight is 754 g/mol. The maximum Gasteiger partial charge on any atom is 0.295 e. The zero-order valence-electron chi connectivity index (χ0n) is 31.5. The molecule has 1 aliphatic carbocycles. The van der Waals surface area contributed by atoms with Gasteiger partial charge in [-0.1, -0.05) is 60.5 Å². The van der Waals surface area contributed by atoms with Crippen LogP contribution < -0.4 is 4.90 Å². The van der Waals surface area contributed by atoms with Crippen LogP contribution in [-0.2, 0) is 20.2 Å². The second kappa shape index (κ2) is 16.2. The first kappa shape index (κ1) is 39.6. The third kappa shape index (κ3) is 9.31. The Hall–Kier alpha value is -4.61. The summed E-state index contributed by atoms with van der Waals surface area (Å²) in [5.74, 6) is -0.370. The van der Waals surface area contributed by atoms with Gasteiger partial charge in [0, 0.05) is 53.2 Å². The number of aryl methyl sites for hydroxylation is 6. The van der Waals surface area contributed by atoms with Gasteiger partial charge in [-0.2, -0.15) is 21.4 Å². The molecule has 0 radical (unpaired) electrons. The fourth-order valence-electron chi connectivity index (χ4n) is 7.56. The summed E-state index contributed by atoms with van der Waals surface area (Å²) in [6.45, 7) is 15.7. The predicted octanol–water partition coefficient (Wildman–Crippen LogP) is 9.32. The molecule has 4 aromatic rings. The number of hydrogen-bond donors (Lipinski definition) is 2. The van der Waals surface area contributed by atoms with Crippen molar-refractivity contribution < 1.29 is 30.5 Å². The van der Waals surface area contributed by atoms with Gasteiger partial charge in [0.2, 0.25) is 11.4 Å². The molecule has 0 aliphatic heterocycles. The largest absolute Gasteiger partial charge is 0.341 e. The van der Waals surface area contributed by atoms with Crippen molar-refractivity contribution >= 4 is 48.6 Å². The van der Waals surface area contributed by atoms with E-state index in [4.69, 9.17) is 0 Å². The average Bonchev–Trinajstić information content (AvgIpc) is 3.06. The maximum atomic E-state index is 12.7. The molecular weight excluding hydrogens is 705 g/mol. The quantitative estimate of drug-likeness (QED) is 0.109. The van der Waals surface area contributed by atoms with Gasteiger partial charge in [0.1, 0.15) is 11.4 Å². The zero-order valence-corrected chi connectivity index (χ0v) is 33.1. The molecule has 4 aromatic carbocycles. The Labute approximate surface area is 315 Å². The summed E-state index contributed by atoms with van der Waals surface area (Å²) < 4.78 is 70.8. The molecule has 0 spiro atoms. The number of hydrogen-bond acceptors (Lipinski definition) is 5. The van der Waals surface area contributed by atoms with Crippen molar-refractivity contribution in [3.63, 3.8) is 0 Å². The standard InChI is InChI=1S/C43H48N2O6S2/c1-8-22-44(42-31(4)25-29(2)26-32(42)5)37-18-14-35(15-19-37)41(39-12-9-10-13-40(39)53(49,50)51)36-16-20-38(21-17-36)45(23-11-24-52(46,47)48)43-33(6)27-30(3)28-34(43)7/h9-10,12-21,25-28H,8,11,22-24H2,1-7H3,(H-,46,47,48,49,50,51)/p+1. The van der Waals surface area contributed by atoms with Crippen molar-refractivity contribution in [1.82, 2.24) is 0 Å². The minimum Gasteiger partial charge on any atom is -0.341 e. The number of allylic oxidation sites excluding steroid dienone is 5. The second-order valence-electron chi connectivity index (χ2n) is 13.9. The summed E-state index contributed by atoms with van der Waals surface area (Å²) in [7, 11) is -8.72. The molecule has 0 atom stereocenters. The van der Waals surface area contributed by atoms with Crippen LogP contribution in [0.25, 0.3) is 5.57 Å². The van der Waals surface area contributed by atoms with E-state index in [-0.39, 0.29) is 17.1 Å². The minimum absolute atomic E-state index is 0.195. The highest BCUT2D eigenvalue weighted by molar-refractivity contribution is 7.86. The molecule has 0 aromatic heterocycles. The molecule has 1 aliphatic rings. The molecule has 5 rings (SSSR count). The van der Waals surface area contributed by atoms with Crippen molar-refractivity contribution in [3.05, 3.63) is 147 Å². The summed E-state index contributed by atoms with van der Waals surface area (Å²) in [6.07, 6.45) is 9.22. The molecule has 0 fully saturated rings. The van der Waals surface area contributed by atoms with Gasteiger partial charge in [0.15, 0.2) is 0 Å². The van der Waals surface area contributed by atoms with Gasteiger partial charge in [-0.15, -0.1) is 0 Å². The number of anilines is 2. The number of benzene rings is 4. The predicted molar refractivity (Wildman–Crippen MR) is 216 cm³/mol. The molecule has 0 saturated carbocycles. The topological polar surface area (TPSA) is 115 Å². The van der Waals surface area contributed by atoms with Crippen molar-refractivity contribution in [2.24, 2.45) is 0 Å². The Balaban J connectivity index is 1.67. The SMILES string of the molecule is CCC[N+](=C1C=CC(=C(c2ccc(N(CCCS(=O)(=O)O)c3c(C)cc(C)cc3C)cc2)c2ccccc2S(=O)(=O)O)C=C1)c1c(C)cc(C)cc1C. The van der Waals surface area contributed by atoms with Gasteiger partial charge in [0.25, 0.3) is 20.2 Å². The molecule has 0 saturated heterocycles. The number of nitrogens with zero attached hydrogens (tertiary/aromatic N) is 2. The Kier molecular flexibility index (Phi) is 12.1. The van der Waals surface area contributed by atoms with Crippen molar-refractivity contribution in [2.45, 2.75) is 66.2 Å². The van der Waals surface area contributed by atoms with E-state index in [1.54, 1.807) is 18.2 Å². The monoisotopic (exact) mass is 753 g/mol. The van der Waals surface area contributed by atoms with Crippen LogP contribution in [-0.4, -0.2) is 55.1 Å². The van der Waals surface area contributed by atoms with Crippen LogP contribution in [0.15, 0.2) is 108 Å². The number of rotatable bonds is 12. The fraction of sp³-hybridized carbons (Fsp3) is 0.279. The van der Waals surface area contributed by atoms with E-state index in [1.165, 1.54) is 28.4 Å². The first-order chi connectivity index (χ1) is 25.0. The Bertz CT molecular complexity index is 2320. The van der Waals surface area contributed by atoms with Crippen LogP contribution in [0.2, 0.25) is 0 Å². The summed E-state index contributed by atoms with van der Waals surface area (Å²) in [5.41, 5.74) is 13.2. The zero-order chi connectivity index (χ0) is 38.7. The van der Waals surface area contributed by atoms with Crippen molar-refractivity contribution in [2.75, 3.05) is 23.7 Å². The second-order valence-corrected chi connectivity index (χ2v) is 16.8. The van der Waals surface area contributed by atoms with Gasteiger partial charge in [-0.25, -0.2) is 0 Å². The first-order valence-corrected chi connectivity index (χ1v) is 20.8. The van der Waals surface area contributed by atoms with Crippen LogP contribution in [0.5, 0.6) is 0 Å². The Morgan fingerprint density at radius 3 is 1.79 bits per heavy atom. The lowest BCUT2D eigenvalue weighted by Crippen LogP contribution is -2.22. The lowest BCUT2D eigenvalue weighted by molar-refractivity contribution is -0.440. The smallest absolute Gasteiger partial charge is 0.295 e. The summed E-state index contributed by atoms with van der Waals surface area (Å²) in [4.78, 5) is 1.86. The molecule has 53 heavy (non-hydrogen) atoms. The van der Waals surface area contributed by atoms with Crippen LogP contribution in [0.1, 0.15) is 64.3 Å². The third-order valence-electron chi connectivity index (χ3n) is 9.41. The molecule has 0 bridgehead atoms. The Morgan fingerprint density at radius 2 is 1.26 bits per heavy atom. The molecular formula is C43H49N2O6S2+. The first-order valence-electron chi connectivity index (χ1n) is 17.8. The van der Waals surface area contributed by atoms with Gasteiger partial charge >= 0.3 is 0 Å². The van der Waals surface area contributed by atoms with Gasteiger partial charge in [-0.3, -0.25) is 9.11 Å². The van der Waals surface area contributed by atoms with E-state index in [2.05, 4.69) is 61.4 Å². The summed E-state index contributed by atoms with van der Waals surface area (Å²) >= 11 is 0. The van der Waals surface area contributed by atoms with Crippen LogP contribution in [0.4, 0.5) is 17.1 Å². The van der Waals surface area contributed by atoms with Gasteiger partial charge in [-0.05, 0) is 118 Å². The molecule has 2 N–H and O–H groups in total. The lowest BCUT2D eigenvalue weighted by Gasteiger charge is -2.29. The van der Waals surface area contributed by atoms with Crippen LogP contribution in [0, 0.1) is 41.5 Å². The highest BCUT2D eigenvalue weighted by Gasteiger charge is 2.24. The lowest BCUT2D eigenvalue weighted by atomic mass is 9.90. The fourth-order valence-corrected chi connectivity index (χ4v) is 8.75. The van der Waals surface area contributed by atoms with E-state index in [1.807, 2.05) is 69.3 Å². The molecule has 278 valence electrons. The van der Waals surface area contributed by atoms with E-state index in [9.17, 15) is 25.9 Å². The molecule has 0 unspecified atom stereocenters. The molecule has 8 nitrogen and oxygen atoms in total. The van der Waals surface area contributed by atoms with E-state index >= 15 is 0 Å².